The number of amidine groups is 1. The van der Waals surface area contributed by atoms with Crippen LogP contribution in [0.15, 0.2) is 48.8 Å². The summed E-state index contributed by atoms with van der Waals surface area (Å²) in [5, 5.41) is 19.6. The number of benzene rings is 1. The summed E-state index contributed by atoms with van der Waals surface area (Å²) in [7, 11) is 0. The second kappa shape index (κ2) is 10.4. The van der Waals surface area contributed by atoms with Crippen molar-refractivity contribution in [2.75, 3.05) is 24.6 Å². The van der Waals surface area contributed by atoms with Crippen LogP contribution in [0.25, 0.3) is 0 Å². The Kier molecular flexibility index (Phi) is 7.42. The molecule has 31 heavy (non-hydrogen) atoms. The minimum Gasteiger partial charge on any atom is -0.491 e. The fourth-order valence-electron chi connectivity index (χ4n) is 3.59. The Balaban J connectivity index is 1.54. The van der Waals surface area contributed by atoms with Gasteiger partial charge < -0.3 is 25.8 Å². The van der Waals surface area contributed by atoms with Crippen LogP contribution < -0.4 is 20.7 Å². The zero-order valence-electron chi connectivity index (χ0n) is 17.2. The second-order valence-corrected chi connectivity index (χ2v) is 7.52. The maximum atomic E-state index is 12.8. The van der Waals surface area contributed by atoms with E-state index in [1.165, 1.54) is 0 Å². The van der Waals surface area contributed by atoms with Crippen molar-refractivity contribution in [3.05, 3.63) is 54.4 Å². The van der Waals surface area contributed by atoms with E-state index < -0.39 is 12.0 Å². The van der Waals surface area contributed by atoms with Crippen LogP contribution in [0.1, 0.15) is 24.8 Å². The molecular weight excluding hydrogens is 398 g/mol. The lowest BCUT2D eigenvalue weighted by atomic mass is 9.95. The van der Waals surface area contributed by atoms with Crippen molar-refractivity contribution >= 4 is 23.4 Å². The van der Waals surface area contributed by atoms with Gasteiger partial charge in [0.25, 0.3) is 0 Å². The number of amides is 1. The van der Waals surface area contributed by atoms with Crippen molar-refractivity contribution in [2.24, 2.45) is 11.7 Å². The Morgan fingerprint density at radius 1 is 1.26 bits per heavy atom. The third-order valence-corrected chi connectivity index (χ3v) is 5.26. The number of aromatic nitrogens is 1. The van der Waals surface area contributed by atoms with Gasteiger partial charge in [0, 0.05) is 42.7 Å². The van der Waals surface area contributed by atoms with Crippen LogP contribution in [0.5, 0.6) is 5.75 Å². The Morgan fingerprint density at radius 3 is 2.61 bits per heavy atom. The molecule has 2 heterocycles. The number of aliphatic carboxylic acids is 1. The molecule has 1 saturated heterocycles. The first kappa shape index (κ1) is 22.1. The number of piperidine rings is 1. The highest BCUT2D eigenvalue weighted by Gasteiger charge is 2.27. The van der Waals surface area contributed by atoms with Gasteiger partial charge in [0.05, 0.1) is 12.5 Å². The van der Waals surface area contributed by atoms with Gasteiger partial charge in [0.2, 0.25) is 5.91 Å². The third-order valence-electron chi connectivity index (χ3n) is 5.26. The number of carbonyl (C=O) groups excluding carboxylic acids is 1. The molecule has 1 fully saturated rings. The van der Waals surface area contributed by atoms with E-state index in [4.69, 9.17) is 15.9 Å². The highest BCUT2D eigenvalue weighted by Crippen LogP contribution is 2.23. The Hall–Kier alpha value is -3.62. The molecule has 164 valence electrons. The van der Waals surface area contributed by atoms with Gasteiger partial charge >= 0.3 is 5.97 Å². The van der Waals surface area contributed by atoms with Crippen LogP contribution >= 0.6 is 0 Å². The standard InChI is InChI=1S/C22H27N5O4/c23-21(24)16-2-1-3-19(12-16)31-14-17(13-20(28)29)26-22(30)15-6-10-27(11-7-15)18-4-8-25-9-5-18/h1-5,8-9,12,15,17H,6-7,10-11,13-14H2,(H3,23,24)(H,26,30)(H,28,29)/t17-/m1/s1. The molecule has 1 atom stereocenters. The summed E-state index contributed by atoms with van der Waals surface area (Å²) in [5.74, 6) is -0.960. The first-order chi connectivity index (χ1) is 14.9. The molecule has 0 aliphatic carbocycles. The number of nitrogen functional groups attached to an aromatic ring is 1. The van der Waals surface area contributed by atoms with Crippen LogP contribution in [0.4, 0.5) is 5.69 Å². The molecule has 9 heteroatoms. The zero-order valence-corrected chi connectivity index (χ0v) is 17.2. The summed E-state index contributed by atoms with van der Waals surface area (Å²) < 4.78 is 5.68. The monoisotopic (exact) mass is 425 g/mol. The molecule has 0 saturated carbocycles. The summed E-state index contributed by atoms with van der Waals surface area (Å²) in [6, 6.07) is 9.92. The van der Waals surface area contributed by atoms with Gasteiger partial charge in [-0.05, 0) is 37.1 Å². The number of carbonyl (C=O) groups is 2. The lowest BCUT2D eigenvalue weighted by Gasteiger charge is -2.33. The summed E-state index contributed by atoms with van der Waals surface area (Å²) in [6.07, 6.45) is 4.63. The first-order valence-corrected chi connectivity index (χ1v) is 10.2. The fraction of sp³-hybridized carbons (Fsp3) is 0.364. The molecule has 0 unspecified atom stereocenters. The number of hydrogen-bond donors (Lipinski definition) is 4. The number of hydrogen-bond acceptors (Lipinski definition) is 6. The van der Waals surface area contributed by atoms with Crippen LogP contribution in [-0.4, -0.2) is 53.5 Å². The summed E-state index contributed by atoms with van der Waals surface area (Å²) >= 11 is 0. The number of nitrogens with zero attached hydrogens (tertiary/aromatic N) is 2. The van der Waals surface area contributed by atoms with E-state index >= 15 is 0 Å². The largest absolute Gasteiger partial charge is 0.491 e. The predicted octanol–water partition coefficient (Wildman–Crippen LogP) is 1.62. The van der Waals surface area contributed by atoms with Gasteiger partial charge in [-0.2, -0.15) is 0 Å². The van der Waals surface area contributed by atoms with E-state index in [0.717, 1.165) is 18.8 Å². The van der Waals surface area contributed by atoms with E-state index in [2.05, 4.69) is 15.2 Å². The number of nitrogens with two attached hydrogens (primary N) is 1. The number of nitrogens with one attached hydrogen (secondary N) is 2. The Morgan fingerprint density at radius 2 is 1.97 bits per heavy atom. The molecular formula is C22H27N5O4. The first-order valence-electron chi connectivity index (χ1n) is 10.2. The molecule has 5 N–H and O–H groups in total. The van der Waals surface area contributed by atoms with Crippen molar-refractivity contribution in [2.45, 2.75) is 25.3 Å². The molecule has 1 amide bonds. The molecule has 3 rings (SSSR count). The van der Waals surface area contributed by atoms with E-state index in [-0.39, 0.29) is 30.7 Å². The maximum Gasteiger partial charge on any atom is 0.305 e. The average molecular weight is 425 g/mol. The summed E-state index contributed by atoms with van der Waals surface area (Å²) in [6.45, 7) is 1.51. The van der Waals surface area contributed by atoms with Crippen LogP contribution in [-0.2, 0) is 9.59 Å². The number of ether oxygens (including phenoxy) is 1. The topological polar surface area (TPSA) is 142 Å². The number of carboxylic acid groups (broad SMARTS) is 1. The van der Waals surface area contributed by atoms with Gasteiger partial charge in [-0.1, -0.05) is 12.1 Å². The van der Waals surface area contributed by atoms with E-state index in [9.17, 15) is 14.7 Å². The Labute approximate surface area is 180 Å². The molecule has 0 spiro atoms. The number of rotatable bonds is 9. The van der Waals surface area contributed by atoms with Crippen molar-refractivity contribution in [3.8, 4) is 5.75 Å². The fourth-order valence-corrected chi connectivity index (χ4v) is 3.59. The van der Waals surface area contributed by atoms with Gasteiger partial charge in [0.1, 0.15) is 18.2 Å². The highest BCUT2D eigenvalue weighted by molar-refractivity contribution is 5.95. The van der Waals surface area contributed by atoms with Crippen LogP contribution in [0.3, 0.4) is 0 Å². The number of pyridine rings is 1. The van der Waals surface area contributed by atoms with Gasteiger partial charge in [-0.15, -0.1) is 0 Å². The molecule has 1 aromatic heterocycles. The molecule has 1 aromatic carbocycles. The summed E-state index contributed by atoms with van der Waals surface area (Å²) in [5.41, 5.74) is 7.08. The molecule has 2 aromatic rings. The second-order valence-electron chi connectivity index (χ2n) is 7.52. The van der Waals surface area contributed by atoms with Gasteiger partial charge in [-0.25, -0.2) is 0 Å². The molecule has 0 bridgehead atoms. The van der Waals surface area contributed by atoms with Crippen molar-refractivity contribution in [3.63, 3.8) is 0 Å². The molecule has 0 radical (unpaired) electrons. The zero-order chi connectivity index (χ0) is 22.2. The van der Waals surface area contributed by atoms with Crippen LogP contribution in [0, 0.1) is 11.3 Å². The molecule has 1 aliphatic heterocycles. The smallest absolute Gasteiger partial charge is 0.305 e. The minimum atomic E-state index is -1.01. The number of anilines is 1. The van der Waals surface area contributed by atoms with Crippen molar-refractivity contribution in [1.29, 1.82) is 5.41 Å². The summed E-state index contributed by atoms with van der Waals surface area (Å²) in [4.78, 5) is 30.3. The van der Waals surface area contributed by atoms with Crippen molar-refractivity contribution < 1.29 is 19.4 Å². The van der Waals surface area contributed by atoms with E-state index in [1.54, 1.807) is 36.7 Å². The normalized spacial score (nSPS) is 15.2. The van der Waals surface area contributed by atoms with E-state index in [1.807, 2.05) is 12.1 Å². The molecule has 9 nitrogen and oxygen atoms in total. The van der Waals surface area contributed by atoms with Crippen molar-refractivity contribution in [1.82, 2.24) is 10.3 Å². The predicted molar refractivity (Wildman–Crippen MR) is 116 cm³/mol. The van der Waals surface area contributed by atoms with Crippen LogP contribution in [0.2, 0.25) is 0 Å². The Bertz CT molecular complexity index is 913. The number of carboxylic acids is 1. The quantitative estimate of drug-likeness (QED) is 0.353. The minimum absolute atomic E-state index is 0.00918. The van der Waals surface area contributed by atoms with Gasteiger partial charge in [0.15, 0.2) is 0 Å². The molecule has 1 aliphatic rings. The SMILES string of the molecule is N=C(N)c1cccc(OC[C@@H](CC(=O)O)NC(=O)C2CCN(c3ccncc3)CC2)c1. The lowest BCUT2D eigenvalue weighted by Crippen LogP contribution is -2.46. The lowest BCUT2D eigenvalue weighted by molar-refractivity contribution is -0.138. The van der Waals surface area contributed by atoms with E-state index in [0.29, 0.717) is 24.2 Å². The average Bonchev–Trinajstić information content (AvgIpc) is 2.78. The van der Waals surface area contributed by atoms with Gasteiger partial charge in [-0.3, -0.25) is 20.0 Å². The third kappa shape index (κ3) is 6.43. The maximum absolute atomic E-state index is 12.8. The highest BCUT2D eigenvalue weighted by atomic mass is 16.5.